The summed E-state index contributed by atoms with van der Waals surface area (Å²) in [5.41, 5.74) is 0.940. The van der Waals surface area contributed by atoms with Crippen LogP contribution in [0.2, 0.25) is 0 Å². The Bertz CT molecular complexity index is 556. The van der Waals surface area contributed by atoms with E-state index in [-0.39, 0.29) is 5.91 Å². The molecule has 1 aromatic rings. The fourth-order valence-electron chi connectivity index (χ4n) is 3.80. The summed E-state index contributed by atoms with van der Waals surface area (Å²) in [6, 6.07) is 5.94. The maximum atomic E-state index is 12.5. The predicted octanol–water partition coefficient (Wildman–Crippen LogP) is 3.82. The van der Waals surface area contributed by atoms with Crippen molar-refractivity contribution >= 4 is 5.91 Å². The maximum absolute atomic E-state index is 12.5. The van der Waals surface area contributed by atoms with Crippen LogP contribution in [-0.2, 0) is 11.2 Å². The highest BCUT2D eigenvalue weighted by Gasteiger charge is 2.31. The molecular weight excluding hydrogens is 302 g/mol. The number of carbonyl (C=O) groups excluding carboxylic acids is 1. The van der Waals surface area contributed by atoms with Crippen molar-refractivity contribution in [3.63, 3.8) is 0 Å². The van der Waals surface area contributed by atoms with Crippen molar-refractivity contribution in [1.29, 1.82) is 0 Å². The fraction of sp³-hybridized carbons (Fsp3) is 0.650. The van der Waals surface area contributed by atoms with E-state index in [1.807, 2.05) is 18.2 Å². The number of ether oxygens (including phenoxy) is 2. The third-order valence-corrected chi connectivity index (χ3v) is 5.18. The molecule has 1 fully saturated rings. The molecule has 0 heterocycles. The molecule has 0 radical (unpaired) electrons. The Balaban J connectivity index is 2.01. The Hall–Kier alpha value is -1.71. The third kappa shape index (κ3) is 4.65. The summed E-state index contributed by atoms with van der Waals surface area (Å²) < 4.78 is 10.6. The Kier molecular flexibility index (Phi) is 6.52. The van der Waals surface area contributed by atoms with Crippen molar-refractivity contribution in [3.8, 4) is 11.5 Å². The van der Waals surface area contributed by atoms with E-state index < -0.39 is 0 Å². The van der Waals surface area contributed by atoms with Gasteiger partial charge in [0.15, 0.2) is 11.5 Å². The Morgan fingerprint density at radius 3 is 2.54 bits per heavy atom. The normalized spacial score (nSPS) is 23.8. The highest BCUT2D eigenvalue weighted by Crippen LogP contribution is 2.33. The number of methoxy groups -OCH3 is 2. The Morgan fingerprint density at radius 2 is 1.92 bits per heavy atom. The molecule has 2 rings (SSSR count). The van der Waals surface area contributed by atoms with Crippen LogP contribution < -0.4 is 14.8 Å². The maximum Gasteiger partial charge on any atom is 0.224 e. The van der Waals surface area contributed by atoms with Crippen molar-refractivity contribution in [2.24, 2.45) is 17.8 Å². The van der Waals surface area contributed by atoms with Gasteiger partial charge in [0.2, 0.25) is 5.91 Å². The van der Waals surface area contributed by atoms with Gasteiger partial charge in [-0.05, 0) is 48.3 Å². The number of rotatable bonds is 6. The first-order valence-corrected chi connectivity index (χ1v) is 8.94. The van der Waals surface area contributed by atoms with Gasteiger partial charge in [-0.25, -0.2) is 0 Å². The lowest BCUT2D eigenvalue weighted by Gasteiger charge is -2.37. The second-order valence-corrected chi connectivity index (χ2v) is 7.37. The first-order valence-electron chi connectivity index (χ1n) is 8.94. The first-order chi connectivity index (χ1) is 11.4. The van der Waals surface area contributed by atoms with Crippen LogP contribution in [-0.4, -0.2) is 26.2 Å². The molecule has 1 aliphatic rings. The summed E-state index contributed by atoms with van der Waals surface area (Å²) in [5.74, 6) is 3.30. The van der Waals surface area contributed by atoms with E-state index >= 15 is 0 Å². The monoisotopic (exact) mass is 333 g/mol. The molecule has 0 saturated heterocycles. The number of benzene rings is 1. The van der Waals surface area contributed by atoms with Crippen LogP contribution in [0.25, 0.3) is 0 Å². The van der Waals surface area contributed by atoms with Crippen LogP contribution in [0, 0.1) is 17.8 Å². The number of amides is 1. The van der Waals surface area contributed by atoms with Crippen molar-refractivity contribution in [1.82, 2.24) is 5.32 Å². The predicted molar refractivity (Wildman–Crippen MR) is 96.5 cm³/mol. The lowest BCUT2D eigenvalue weighted by molar-refractivity contribution is -0.122. The second kappa shape index (κ2) is 8.41. The second-order valence-electron chi connectivity index (χ2n) is 7.37. The number of carbonyl (C=O) groups is 1. The van der Waals surface area contributed by atoms with E-state index in [9.17, 15) is 4.79 Å². The minimum Gasteiger partial charge on any atom is -0.493 e. The number of hydrogen-bond acceptors (Lipinski definition) is 3. The standard InChI is InChI=1S/C20H31NO3/c1-13(2)16-8-6-14(3)10-17(16)21-20(22)12-15-7-9-18(23-4)19(11-15)24-5/h7,9,11,13-14,16-17H,6,8,10,12H2,1-5H3,(H,21,22)/t14-,16+,17+/m0/s1. The number of hydrogen-bond donors (Lipinski definition) is 1. The Labute approximate surface area is 145 Å². The quantitative estimate of drug-likeness (QED) is 0.861. The van der Waals surface area contributed by atoms with Crippen molar-refractivity contribution in [2.45, 2.75) is 52.5 Å². The molecule has 4 heteroatoms. The van der Waals surface area contributed by atoms with Crippen molar-refractivity contribution < 1.29 is 14.3 Å². The van der Waals surface area contributed by atoms with Gasteiger partial charge in [0.1, 0.15) is 0 Å². The van der Waals surface area contributed by atoms with Crippen molar-refractivity contribution in [2.75, 3.05) is 14.2 Å². The van der Waals surface area contributed by atoms with Gasteiger partial charge in [0, 0.05) is 6.04 Å². The van der Waals surface area contributed by atoms with E-state index in [4.69, 9.17) is 9.47 Å². The van der Waals surface area contributed by atoms with Crippen LogP contribution in [0.4, 0.5) is 0 Å². The molecule has 0 aliphatic heterocycles. The number of nitrogens with one attached hydrogen (secondary N) is 1. The van der Waals surface area contributed by atoms with Gasteiger partial charge in [-0.1, -0.05) is 33.3 Å². The van der Waals surface area contributed by atoms with E-state index in [1.165, 1.54) is 12.8 Å². The molecule has 0 aromatic heterocycles. The van der Waals surface area contributed by atoms with Crippen LogP contribution in [0.3, 0.4) is 0 Å². The summed E-state index contributed by atoms with van der Waals surface area (Å²) in [6.45, 7) is 6.80. The zero-order valence-electron chi connectivity index (χ0n) is 15.6. The fourth-order valence-corrected chi connectivity index (χ4v) is 3.80. The SMILES string of the molecule is COc1ccc(CC(=O)N[C@@H]2C[C@@H](C)CC[C@@H]2C(C)C)cc1OC. The molecular formula is C20H31NO3. The zero-order chi connectivity index (χ0) is 17.7. The highest BCUT2D eigenvalue weighted by atomic mass is 16.5. The van der Waals surface area contributed by atoms with Gasteiger partial charge >= 0.3 is 0 Å². The van der Waals surface area contributed by atoms with E-state index in [2.05, 4.69) is 26.1 Å². The average Bonchev–Trinajstić information content (AvgIpc) is 2.54. The van der Waals surface area contributed by atoms with Crippen LogP contribution in [0.15, 0.2) is 18.2 Å². The van der Waals surface area contributed by atoms with E-state index in [0.717, 1.165) is 12.0 Å². The topological polar surface area (TPSA) is 47.6 Å². The lowest BCUT2D eigenvalue weighted by Crippen LogP contribution is -2.46. The first kappa shape index (κ1) is 18.6. The summed E-state index contributed by atoms with van der Waals surface area (Å²) in [7, 11) is 3.22. The van der Waals surface area contributed by atoms with E-state index in [1.54, 1.807) is 14.2 Å². The minimum atomic E-state index is 0.0898. The summed E-state index contributed by atoms with van der Waals surface area (Å²) in [5, 5.41) is 3.28. The summed E-state index contributed by atoms with van der Waals surface area (Å²) in [6.07, 6.45) is 3.93. The summed E-state index contributed by atoms with van der Waals surface area (Å²) >= 11 is 0. The third-order valence-electron chi connectivity index (χ3n) is 5.18. The smallest absolute Gasteiger partial charge is 0.224 e. The molecule has 3 atom stereocenters. The molecule has 0 bridgehead atoms. The molecule has 1 saturated carbocycles. The van der Waals surface area contributed by atoms with Gasteiger partial charge in [-0.2, -0.15) is 0 Å². The molecule has 4 nitrogen and oxygen atoms in total. The highest BCUT2D eigenvalue weighted by molar-refractivity contribution is 5.79. The lowest BCUT2D eigenvalue weighted by atomic mass is 9.74. The minimum absolute atomic E-state index is 0.0898. The molecule has 134 valence electrons. The molecule has 1 aromatic carbocycles. The van der Waals surface area contributed by atoms with Gasteiger partial charge in [0.25, 0.3) is 0 Å². The largest absolute Gasteiger partial charge is 0.493 e. The molecule has 0 spiro atoms. The van der Waals surface area contributed by atoms with Gasteiger partial charge in [-0.3, -0.25) is 4.79 Å². The van der Waals surface area contributed by atoms with Crippen molar-refractivity contribution in [3.05, 3.63) is 23.8 Å². The van der Waals surface area contributed by atoms with E-state index in [0.29, 0.717) is 41.7 Å². The zero-order valence-corrected chi connectivity index (χ0v) is 15.6. The van der Waals surface area contributed by atoms with Crippen LogP contribution in [0.1, 0.15) is 45.6 Å². The molecule has 0 unspecified atom stereocenters. The van der Waals surface area contributed by atoms with Gasteiger partial charge in [-0.15, -0.1) is 0 Å². The molecule has 24 heavy (non-hydrogen) atoms. The Morgan fingerprint density at radius 1 is 1.21 bits per heavy atom. The van der Waals surface area contributed by atoms with Gasteiger partial charge in [0.05, 0.1) is 20.6 Å². The van der Waals surface area contributed by atoms with Crippen LogP contribution in [0.5, 0.6) is 11.5 Å². The van der Waals surface area contributed by atoms with Crippen LogP contribution >= 0.6 is 0 Å². The molecule has 1 aliphatic carbocycles. The average molecular weight is 333 g/mol. The molecule has 1 N–H and O–H groups in total. The summed E-state index contributed by atoms with van der Waals surface area (Å²) in [4.78, 5) is 12.5. The van der Waals surface area contributed by atoms with Gasteiger partial charge < -0.3 is 14.8 Å². The molecule has 1 amide bonds.